The molecule has 138 valence electrons. The van der Waals surface area contributed by atoms with E-state index in [0.717, 1.165) is 17.2 Å². The van der Waals surface area contributed by atoms with Crippen LogP contribution >= 0.6 is 0 Å². The first-order chi connectivity index (χ1) is 12.7. The van der Waals surface area contributed by atoms with Crippen molar-refractivity contribution in [1.82, 2.24) is 14.9 Å². The highest BCUT2D eigenvalue weighted by molar-refractivity contribution is 5.76. The monoisotopic (exact) mass is 356 g/mol. The Labute approximate surface area is 153 Å². The van der Waals surface area contributed by atoms with Gasteiger partial charge in [0.15, 0.2) is 0 Å². The van der Waals surface area contributed by atoms with Gasteiger partial charge in [-0.15, -0.1) is 0 Å². The highest BCUT2D eigenvalue weighted by Gasteiger charge is 2.26. The number of anilines is 2. The van der Waals surface area contributed by atoms with E-state index in [2.05, 4.69) is 15.3 Å². The molecular formula is C19H24N4O3. The van der Waals surface area contributed by atoms with Gasteiger partial charge >= 0.3 is 0 Å². The summed E-state index contributed by atoms with van der Waals surface area (Å²) in [5.74, 6) is 1.53. The van der Waals surface area contributed by atoms with Crippen molar-refractivity contribution < 1.29 is 14.3 Å². The predicted octanol–water partition coefficient (Wildman–Crippen LogP) is 2.47. The molecule has 0 aliphatic carbocycles. The van der Waals surface area contributed by atoms with Crippen LogP contribution in [-0.2, 0) is 14.3 Å². The summed E-state index contributed by atoms with van der Waals surface area (Å²) in [5, 5.41) is 3.21. The summed E-state index contributed by atoms with van der Waals surface area (Å²) in [4.78, 5) is 23.1. The molecule has 0 spiro atoms. The van der Waals surface area contributed by atoms with Crippen LogP contribution < -0.4 is 5.32 Å². The van der Waals surface area contributed by atoms with E-state index >= 15 is 0 Å². The summed E-state index contributed by atoms with van der Waals surface area (Å²) in [6.45, 7) is 3.98. The number of nitrogens with one attached hydrogen (secondary N) is 1. The highest BCUT2D eigenvalue weighted by atomic mass is 16.5. The van der Waals surface area contributed by atoms with Crippen LogP contribution in [0.2, 0.25) is 0 Å². The summed E-state index contributed by atoms with van der Waals surface area (Å²) >= 11 is 0. The number of rotatable bonds is 6. The van der Waals surface area contributed by atoms with E-state index < -0.39 is 0 Å². The lowest BCUT2D eigenvalue weighted by atomic mass is 10.1. The van der Waals surface area contributed by atoms with Crippen molar-refractivity contribution in [2.24, 2.45) is 0 Å². The fourth-order valence-electron chi connectivity index (χ4n) is 2.85. The van der Waals surface area contributed by atoms with Crippen LogP contribution in [0.5, 0.6) is 0 Å². The molecule has 0 radical (unpaired) electrons. The van der Waals surface area contributed by atoms with Crippen LogP contribution in [0.15, 0.2) is 36.4 Å². The van der Waals surface area contributed by atoms with Gasteiger partial charge < -0.3 is 19.7 Å². The van der Waals surface area contributed by atoms with Crippen LogP contribution in [0.3, 0.4) is 0 Å². The first kappa shape index (κ1) is 18.3. The van der Waals surface area contributed by atoms with Crippen molar-refractivity contribution in [3.05, 3.63) is 47.8 Å². The van der Waals surface area contributed by atoms with Gasteiger partial charge in [-0.25, -0.2) is 9.97 Å². The maximum atomic E-state index is 12.2. The lowest BCUT2D eigenvalue weighted by Gasteiger charge is -2.32. The van der Waals surface area contributed by atoms with Crippen molar-refractivity contribution in [2.45, 2.75) is 19.4 Å². The van der Waals surface area contributed by atoms with E-state index in [1.54, 1.807) is 7.11 Å². The number of nitrogens with zero attached hydrogens (tertiary/aromatic N) is 3. The maximum absolute atomic E-state index is 12.2. The Morgan fingerprint density at radius 3 is 2.81 bits per heavy atom. The third kappa shape index (κ3) is 4.77. The third-order valence-electron chi connectivity index (χ3n) is 4.18. The third-order valence-corrected chi connectivity index (χ3v) is 4.18. The largest absolute Gasteiger partial charge is 0.384 e. The summed E-state index contributed by atoms with van der Waals surface area (Å²) in [6.07, 6.45) is 0.152. The van der Waals surface area contributed by atoms with Gasteiger partial charge in [0, 0.05) is 19.3 Å². The van der Waals surface area contributed by atoms with E-state index in [4.69, 9.17) is 9.47 Å². The molecule has 1 aliphatic rings. The number of pyridine rings is 2. The number of carbonyl (C=O) groups excluding carboxylic acids is 1. The number of hydrogen-bond acceptors (Lipinski definition) is 6. The van der Waals surface area contributed by atoms with E-state index in [-0.39, 0.29) is 12.0 Å². The topological polar surface area (TPSA) is 76.6 Å². The Kier molecular flexibility index (Phi) is 6.14. The first-order valence-electron chi connectivity index (χ1n) is 8.71. The molecule has 2 aromatic rings. The van der Waals surface area contributed by atoms with Crippen LogP contribution in [0, 0.1) is 6.92 Å². The number of morpholine rings is 1. The molecule has 1 atom stereocenters. The molecule has 0 saturated carbocycles. The van der Waals surface area contributed by atoms with Gasteiger partial charge in [-0.05, 0) is 31.2 Å². The molecular weight excluding hydrogens is 332 g/mol. The minimum Gasteiger partial charge on any atom is -0.384 e. The van der Waals surface area contributed by atoms with Gasteiger partial charge in [0.25, 0.3) is 0 Å². The van der Waals surface area contributed by atoms with Crippen LogP contribution in [0.4, 0.5) is 11.6 Å². The second-order valence-electron chi connectivity index (χ2n) is 6.18. The van der Waals surface area contributed by atoms with E-state index in [9.17, 15) is 4.79 Å². The van der Waals surface area contributed by atoms with Gasteiger partial charge in [-0.3, -0.25) is 4.79 Å². The molecule has 1 saturated heterocycles. The number of methoxy groups -OCH3 is 1. The fraction of sp³-hybridized carbons (Fsp3) is 0.421. The summed E-state index contributed by atoms with van der Waals surface area (Å²) in [6, 6.07) is 11.5. The Morgan fingerprint density at radius 1 is 1.27 bits per heavy atom. The van der Waals surface area contributed by atoms with Crippen molar-refractivity contribution >= 4 is 17.5 Å². The molecule has 0 bridgehead atoms. The molecule has 7 heteroatoms. The zero-order valence-electron chi connectivity index (χ0n) is 15.1. The zero-order valence-corrected chi connectivity index (χ0v) is 15.1. The van der Waals surface area contributed by atoms with Crippen molar-refractivity contribution in [2.75, 3.05) is 38.7 Å². The molecule has 1 N–H and O–H groups in total. The van der Waals surface area contributed by atoms with Crippen molar-refractivity contribution in [1.29, 1.82) is 0 Å². The normalized spacial score (nSPS) is 17.2. The average molecular weight is 356 g/mol. The predicted molar refractivity (Wildman–Crippen MR) is 98.3 cm³/mol. The van der Waals surface area contributed by atoms with Crippen LogP contribution in [-0.4, -0.2) is 54.2 Å². The van der Waals surface area contributed by atoms with E-state index in [1.807, 2.05) is 48.2 Å². The van der Waals surface area contributed by atoms with Crippen LogP contribution in [0.25, 0.3) is 0 Å². The summed E-state index contributed by atoms with van der Waals surface area (Å²) in [5.41, 5.74) is 1.74. The zero-order chi connectivity index (χ0) is 18.4. The van der Waals surface area contributed by atoms with Crippen molar-refractivity contribution in [3.63, 3.8) is 0 Å². The number of hydrogen-bond donors (Lipinski definition) is 1. The molecule has 7 nitrogen and oxygen atoms in total. The molecule has 0 unspecified atom stereocenters. The minimum atomic E-state index is -0.234. The van der Waals surface area contributed by atoms with Gasteiger partial charge in [0.05, 0.1) is 31.9 Å². The number of carbonyl (C=O) groups is 1. The summed E-state index contributed by atoms with van der Waals surface area (Å²) in [7, 11) is 1.60. The maximum Gasteiger partial charge on any atom is 0.225 e. The first-order valence-corrected chi connectivity index (χ1v) is 8.71. The lowest BCUT2D eigenvalue weighted by Crippen LogP contribution is -2.42. The van der Waals surface area contributed by atoms with E-state index in [0.29, 0.717) is 38.5 Å². The Morgan fingerprint density at radius 2 is 2.04 bits per heavy atom. The quantitative estimate of drug-likeness (QED) is 0.857. The molecule has 1 fully saturated rings. The molecule has 1 amide bonds. The van der Waals surface area contributed by atoms with Gasteiger partial charge in [0.2, 0.25) is 5.91 Å². The highest BCUT2D eigenvalue weighted by Crippen LogP contribution is 2.23. The fourth-order valence-corrected chi connectivity index (χ4v) is 2.85. The minimum absolute atomic E-state index is 0.0818. The molecule has 3 heterocycles. The average Bonchev–Trinajstić information content (AvgIpc) is 2.66. The lowest BCUT2D eigenvalue weighted by molar-refractivity contribution is -0.140. The molecule has 2 aromatic heterocycles. The number of aryl methyl sites for hydroxylation is 1. The summed E-state index contributed by atoms with van der Waals surface area (Å²) < 4.78 is 10.8. The molecule has 1 aliphatic heterocycles. The van der Waals surface area contributed by atoms with Crippen molar-refractivity contribution in [3.8, 4) is 0 Å². The SMILES string of the molecule is COCCC(=O)N1CCO[C@@H](c2cccc(Nc3cccc(C)n3)n2)C1. The molecule has 3 rings (SSSR count). The number of ether oxygens (including phenoxy) is 2. The molecule has 0 aromatic carbocycles. The van der Waals surface area contributed by atoms with Gasteiger partial charge in [0.1, 0.15) is 17.7 Å². The Balaban J connectivity index is 1.68. The second kappa shape index (κ2) is 8.73. The van der Waals surface area contributed by atoms with E-state index in [1.165, 1.54) is 0 Å². The van der Waals surface area contributed by atoms with Crippen LogP contribution in [0.1, 0.15) is 23.9 Å². The Bertz CT molecular complexity index is 753. The second-order valence-corrected chi connectivity index (χ2v) is 6.18. The smallest absolute Gasteiger partial charge is 0.225 e. The number of amides is 1. The molecule has 26 heavy (non-hydrogen) atoms. The standard InChI is InChI=1S/C19H24N4O3/c1-14-5-3-7-17(20-14)22-18-8-4-6-15(21-18)16-13-23(10-12-26-16)19(24)9-11-25-2/h3-8,16H,9-13H2,1-2H3,(H,20,21,22)/t16-/m1/s1. The van der Waals surface area contributed by atoms with Gasteiger partial charge in [-0.2, -0.15) is 0 Å². The van der Waals surface area contributed by atoms with Gasteiger partial charge in [-0.1, -0.05) is 12.1 Å². The number of aromatic nitrogens is 2. The Hall–Kier alpha value is -2.51.